The van der Waals surface area contributed by atoms with Crippen molar-refractivity contribution in [1.82, 2.24) is 0 Å². The van der Waals surface area contributed by atoms with E-state index in [1.54, 1.807) is 12.1 Å². The van der Waals surface area contributed by atoms with Gasteiger partial charge in [-0.3, -0.25) is 9.59 Å². The van der Waals surface area contributed by atoms with Crippen molar-refractivity contribution in [3.8, 4) is 5.75 Å². The number of halogens is 1. The Kier molecular flexibility index (Phi) is 4.71. The Bertz CT molecular complexity index is 560. The fraction of sp³-hybridized carbons (Fsp3) is 0.500. The molecule has 0 fully saturated rings. The smallest absolute Gasteiger partial charge is 0.317 e. The number of hydrogen-bond acceptors (Lipinski definition) is 4. The van der Waals surface area contributed by atoms with E-state index < -0.39 is 5.41 Å². The number of hydrogen-bond donors (Lipinski definition) is 0. The van der Waals surface area contributed by atoms with Gasteiger partial charge in [-0.1, -0.05) is 22.0 Å². The molecule has 0 N–H and O–H groups in total. The molecular formula is C16H19BrO4. The summed E-state index contributed by atoms with van der Waals surface area (Å²) in [5.74, 6) is -0.0742. The topological polar surface area (TPSA) is 52.6 Å². The SMILES string of the molecule is CC(C)(C)C(=O)Oc1ccc2c(c1)C(OC(=O)CBr)CC2. The number of carbonyl (C=O) groups excluding carboxylic acids is 2. The Morgan fingerprint density at radius 3 is 2.67 bits per heavy atom. The van der Waals surface area contributed by atoms with Crippen LogP contribution in [0.5, 0.6) is 5.75 Å². The van der Waals surface area contributed by atoms with Crippen molar-refractivity contribution in [3.05, 3.63) is 29.3 Å². The summed E-state index contributed by atoms with van der Waals surface area (Å²) in [5, 5.41) is 0.178. The van der Waals surface area contributed by atoms with Crippen molar-refractivity contribution in [2.75, 3.05) is 5.33 Å². The second kappa shape index (κ2) is 6.18. The molecule has 1 unspecified atom stereocenters. The summed E-state index contributed by atoms with van der Waals surface area (Å²) < 4.78 is 10.8. The minimum absolute atomic E-state index is 0.178. The zero-order chi connectivity index (χ0) is 15.6. The van der Waals surface area contributed by atoms with E-state index in [1.807, 2.05) is 26.8 Å². The van der Waals surface area contributed by atoms with E-state index >= 15 is 0 Å². The number of ether oxygens (including phenoxy) is 2. The number of rotatable bonds is 3. The molecule has 0 aromatic heterocycles. The average molecular weight is 355 g/mol. The monoisotopic (exact) mass is 354 g/mol. The van der Waals surface area contributed by atoms with E-state index in [0.29, 0.717) is 5.75 Å². The van der Waals surface area contributed by atoms with Crippen LogP contribution in [0.15, 0.2) is 18.2 Å². The summed E-state index contributed by atoms with van der Waals surface area (Å²) in [4.78, 5) is 23.3. The van der Waals surface area contributed by atoms with Crippen molar-refractivity contribution < 1.29 is 19.1 Å². The molecule has 21 heavy (non-hydrogen) atoms. The second-order valence-corrected chi connectivity index (χ2v) is 6.71. The quantitative estimate of drug-likeness (QED) is 0.473. The number of alkyl halides is 1. The van der Waals surface area contributed by atoms with Gasteiger partial charge in [0, 0.05) is 0 Å². The van der Waals surface area contributed by atoms with Crippen LogP contribution < -0.4 is 4.74 Å². The molecular weight excluding hydrogens is 336 g/mol. The minimum atomic E-state index is -0.555. The maximum Gasteiger partial charge on any atom is 0.317 e. The van der Waals surface area contributed by atoms with Gasteiger partial charge in [-0.15, -0.1) is 0 Å². The van der Waals surface area contributed by atoms with Crippen molar-refractivity contribution in [2.24, 2.45) is 5.41 Å². The Hall–Kier alpha value is -1.36. The van der Waals surface area contributed by atoms with Crippen molar-refractivity contribution in [1.29, 1.82) is 0 Å². The third-order valence-corrected chi connectivity index (χ3v) is 3.80. The Balaban J connectivity index is 2.16. The summed E-state index contributed by atoms with van der Waals surface area (Å²) in [6, 6.07) is 5.53. The summed E-state index contributed by atoms with van der Waals surface area (Å²) in [7, 11) is 0. The molecule has 5 heteroatoms. The van der Waals surface area contributed by atoms with Gasteiger partial charge in [0.25, 0.3) is 0 Å². The second-order valence-electron chi connectivity index (χ2n) is 6.15. The molecule has 0 radical (unpaired) electrons. The first kappa shape index (κ1) is 16.0. The van der Waals surface area contributed by atoms with Crippen LogP contribution in [0.1, 0.15) is 44.4 Å². The van der Waals surface area contributed by atoms with Gasteiger partial charge < -0.3 is 9.47 Å². The lowest BCUT2D eigenvalue weighted by Gasteiger charge is -2.17. The van der Waals surface area contributed by atoms with Crippen molar-refractivity contribution in [2.45, 2.75) is 39.7 Å². The van der Waals surface area contributed by atoms with Crippen LogP contribution in [0.25, 0.3) is 0 Å². The van der Waals surface area contributed by atoms with Gasteiger partial charge in [-0.2, -0.15) is 0 Å². The summed E-state index contributed by atoms with van der Waals surface area (Å²) in [6.07, 6.45) is 1.38. The van der Waals surface area contributed by atoms with Gasteiger partial charge in [0.15, 0.2) is 0 Å². The Labute approximate surface area is 132 Å². The molecule has 4 nitrogen and oxygen atoms in total. The predicted octanol–water partition coefficient (Wildman–Crippen LogP) is 3.56. The van der Waals surface area contributed by atoms with E-state index in [0.717, 1.165) is 24.0 Å². The molecule has 1 atom stereocenters. The highest BCUT2D eigenvalue weighted by Gasteiger charge is 2.28. The molecule has 0 saturated carbocycles. The first-order valence-electron chi connectivity index (χ1n) is 6.92. The van der Waals surface area contributed by atoms with Gasteiger partial charge in [0.05, 0.1) is 5.41 Å². The molecule has 1 aliphatic carbocycles. The number of fused-ring (bicyclic) bond motifs is 1. The van der Waals surface area contributed by atoms with Crippen molar-refractivity contribution in [3.63, 3.8) is 0 Å². The first-order chi connectivity index (χ1) is 9.81. The molecule has 1 aromatic rings. The van der Waals surface area contributed by atoms with Gasteiger partial charge in [-0.05, 0) is 56.9 Å². The van der Waals surface area contributed by atoms with Gasteiger partial charge in [0.2, 0.25) is 0 Å². The molecule has 0 saturated heterocycles. The van der Waals surface area contributed by atoms with Gasteiger partial charge in [-0.25, -0.2) is 0 Å². The fourth-order valence-corrected chi connectivity index (χ4v) is 2.31. The Morgan fingerprint density at radius 1 is 1.33 bits per heavy atom. The number of carbonyl (C=O) groups is 2. The lowest BCUT2D eigenvalue weighted by atomic mass is 9.97. The number of esters is 2. The van der Waals surface area contributed by atoms with E-state index in [4.69, 9.17) is 9.47 Å². The largest absolute Gasteiger partial charge is 0.457 e. The number of aryl methyl sites for hydroxylation is 1. The molecule has 0 bridgehead atoms. The molecule has 114 valence electrons. The van der Waals surface area contributed by atoms with E-state index in [2.05, 4.69) is 15.9 Å². The number of benzene rings is 1. The average Bonchev–Trinajstić information content (AvgIpc) is 2.80. The molecule has 1 aromatic carbocycles. The highest BCUT2D eigenvalue weighted by molar-refractivity contribution is 9.09. The van der Waals surface area contributed by atoms with Gasteiger partial charge in [0.1, 0.15) is 17.2 Å². The van der Waals surface area contributed by atoms with Crippen LogP contribution in [0.2, 0.25) is 0 Å². The van der Waals surface area contributed by atoms with Crippen LogP contribution in [0, 0.1) is 5.41 Å². The summed E-state index contributed by atoms with van der Waals surface area (Å²) in [6.45, 7) is 5.43. The molecule has 0 aliphatic heterocycles. The van der Waals surface area contributed by atoms with E-state index in [9.17, 15) is 9.59 Å². The minimum Gasteiger partial charge on any atom is -0.457 e. The van der Waals surface area contributed by atoms with Crippen LogP contribution in [-0.2, 0) is 20.7 Å². The highest BCUT2D eigenvalue weighted by Crippen LogP contribution is 2.36. The molecule has 1 aliphatic rings. The van der Waals surface area contributed by atoms with E-state index in [1.165, 1.54) is 0 Å². The lowest BCUT2D eigenvalue weighted by Crippen LogP contribution is -2.25. The first-order valence-corrected chi connectivity index (χ1v) is 8.04. The molecule has 0 heterocycles. The fourth-order valence-electron chi connectivity index (χ4n) is 2.18. The summed E-state index contributed by atoms with van der Waals surface area (Å²) >= 11 is 3.09. The third kappa shape index (κ3) is 3.84. The molecule has 0 amide bonds. The third-order valence-electron chi connectivity index (χ3n) is 3.35. The standard InChI is InChI=1S/C16H19BrO4/c1-16(2,3)15(19)20-11-6-4-10-5-7-13(12(10)8-11)21-14(18)9-17/h4,6,8,13H,5,7,9H2,1-3H3. The maximum atomic E-state index is 11.9. The van der Waals surface area contributed by atoms with E-state index in [-0.39, 0.29) is 23.4 Å². The molecule has 2 rings (SSSR count). The highest BCUT2D eigenvalue weighted by atomic mass is 79.9. The van der Waals surface area contributed by atoms with Crippen LogP contribution >= 0.6 is 15.9 Å². The van der Waals surface area contributed by atoms with Gasteiger partial charge >= 0.3 is 11.9 Å². The normalized spacial score (nSPS) is 17.2. The zero-order valence-electron chi connectivity index (χ0n) is 12.4. The predicted molar refractivity (Wildman–Crippen MR) is 82.5 cm³/mol. The Morgan fingerprint density at radius 2 is 2.05 bits per heavy atom. The van der Waals surface area contributed by atoms with Crippen LogP contribution in [-0.4, -0.2) is 17.3 Å². The van der Waals surface area contributed by atoms with Crippen LogP contribution in [0.3, 0.4) is 0 Å². The summed E-state index contributed by atoms with van der Waals surface area (Å²) in [5.41, 5.74) is 1.52. The van der Waals surface area contributed by atoms with Crippen molar-refractivity contribution >= 4 is 27.9 Å². The maximum absolute atomic E-state index is 11.9. The van der Waals surface area contributed by atoms with Crippen LogP contribution in [0.4, 0.5) is 0 Å². The molecule has 0 spiro atoms. The zero-order valence-corrected chi connectivity index (χ0v) is 14.0. The lowest BCUT2D eigenvalue weighted by molar-refractivity contribution is -0.146.